The molecule has 2 heterocycles. The molecule has 41 heavy (non-hydrogen) atoms. The SMILES string of the molecule is CC1=CC[C@@H](C(C)=Cc2csc(C)n2)NC(=O)C[C@H](O[Si](C)(C)C(C)(C)C)C(C)(C)C(=O)[C@H](C)[C@@H](O)[C@@H](C)C=CC1. The maximum atomic E-state index is 14.0. The smallest absolute Gasteiger partial charge is 0.223 e. The van der Waals surface area contributed by atoms with Crippen LogP contribution in [0.5, 0.6) is 0 Å². The molecular weight excluding hydrogens is 549 g/mol. The van der Waals surface area contributed by atoms with Crippen molar-refractivity contribution >= 4 is 37.4 Å². The van der Waals surface area contributed by atoms with Gasteiger partial charge in [-0.3, -0.25) is 9.59 Å². The fraction of sp³-hybridized carbons (Fsp3) is 0.667. The standard InChI is InChI=1S/C33H54N2O4SSi/c1-21-14-13-15-22(2)30(37)24(4)31(38)33(9,10)28(39-41(11,12)32(6,7)8)19-29(36)35-27(17-16-21)23(3)18-26-20-40-25(5)34-26/h13,15-16,18,20,22,24,27-28,30,37H,14,17,19H2,1-12H3,(H,35,36)/t22-,24+,27-,28-,30-/m0/s1. The van der Waals surface area contributed by atoms with Crippen LogP contribution in [-0.2, 0) is 14.0 Å². The number of Topliss-reactive ketones (excluding diaryl/α,β-unsaturated/α-hetero) is 1. The van der Waals surface area contributed by atoms with Gasteiger partial charge in [0.15, 0.2) is 8.32 Å². The third-order valence-electron chi connectivity index (χ3n) is 9.00. The fourth-order valence-electron chi connectivity index (χ4n) is 4.88. The zero-order valence-electron chi connectivity index (χ0n) is 27.4. The second-order valence-electron chi connectivity index (χ2n) is 14.0. The summed E-state index contributed by atoms with van der Waals surface area (Å²) < 4.78 is 6.85. The number of aliphatic hydroxyl groups is 1. The van der Waals surface area contributed by atoms with Gasteiger partial charge in [0.25, 0.3) is 0 Å². The number of aromatic nitrogens is 1. The van der Waals surface area contributed by atoms with Crippen molar-refractivity contribution in [3.05, 3.63) is 45.5 Å². The molecule has 6 nitrogen and oxygen atoms in total. The Morgan fingerprint density at radius 2 is 1.85 bits per heavy atom. The van der Waals surface area contributed by atoms with Crippen LogP contribution in [0.15, 0.2) is 34.8 Å². The highest BCUT2D eigenvalue weighted by Gasteiger charge is 2.48. The van der Waals surface area contributed by atoms with E-state index < -0.39 is 31.9 Å². The van der Waals surface area contributed by atoms with E-state index in [-0.39, 0.29) is 35.1 Å². The number of ketones is 1. The quantitative estimate of drug-likeness (QED) is 0.273. The van der Waals surface area contributed by atoms with E-state index in [1.807, 2.05) is 52.2 Å². The van der Waals surface area contributed by atoms with Gasteiger partial charge in [-0.1, -0.05) is 72.3 Å². The van der Waals surface area contributed by atoms with Gasteiger partial charge in [-0.25, -0.2) is 4.98 Å². The molecule has 8 heteroatoms. The zero-order chi connectivity index (χ0) is 31.3. The number of aryl methyl sites for hydroxylation is 1. The van der Waals surface area contributed by atoms with Gasteiger partial charge in [0.05, 0.1) is 35.4 Å². The lowest BCUT2D eigenvalue weighted by Crippen LogP contribution is -2.53. The van der Waals surface area contributed by atoms with Crippen LogP contribution in [0, 0.1) is 24.2 Å². The Kier molecular flexibility index (Phi) is 12.1. The molecule has 1 aromatic rings. The molecule has 0 radical (unpaired) electrons. The number of nitrogens with zero attached hydrogens (tertiary/aromatic N) is 1. The molecule has 1 amide bonds. The van der Waals surface area contributed by atoms with Gasteiger partial charge in [0.1, 0.15) is 5.78 Å². The van der Waals surface area contributed by atoms with E-state index in [0.29, 0.717) is 6.42 Å². The number of rotatable bonds is 4. The van der Waals surface area contributed by atoms with E-state index in [1.54, 1.807) is 18.3 Å². The van der Waals surface area contributed by atoms with E-state index in [2.05, 4.69) is 63.2 Å². The lowest BCUT2D eigenvalue weighted by atomic mass is 9.73. The van der Waals surface area contributed by atoms with Gasteiger partial charge in [-0.15, -0.1) is 11.3 Å². The highest BCUT2D eigenvalue weighted by atomic mass is 32.1. The largest absolute Gasteiger partial charge is 0.412 e. The molecule has 0 spiro atoms. The summed E-state index contributed by atoms with van der Waals surface area (Å²) in [5.74, 6) is -1.03. The number of carbonyl (C=O) groups is 2. The van der Waals surface area contributed by atoms with Crippen LogP contribution in [0.25, 0.3) is 6.08 Å². The van der Waals surface area contributed by atoms with Crippen molar-refractivity contribution in [3.8, 4) is 0 Å². The number of carbonyl (C=O) groups excluding carboxylic acids is 2. The average Bonchev–Trinajstić information content (AvgIpc) is 3.27. The van der Waals surface area contributed by atoms with E-state index in [9.17, 15) is 14.7 Å². The number of hydrogen-bond donors (Lipinski definition) is 2. The third-order valence-corrected chi connectivity index (χ3v) is 14.3. The molecule has 0 saturated heterocycles. The fourth-order valence-corrected chi connectivity index (χ4v) is 6.89. The van der Waals surface area contributed by atoms with Gasteiger partial charge in [-0.05, 0) is 63.4 Å². The molecule has 2 N–H and O–H groups in total. The van der Waals surface area contributed by atoms with Gasteiger partial charge >= 0.3 is 0 Å². The summed E-state index contributed by atoms with van der Waals surface area (Å²) in [6.45, 7) is 24.3. The summed E-state index contributed by atoms with van der Waals surface area (Å²) in [6, 6.07) is -0.219. The van der Waals surface area contributed by atoms with Crippen molar-refractivity contribution in [3.63, 3.8) is 0 Å². The lowest BCUT2D eigenvalue weighted by Gasteiger charge is -2.44. The van der Waals surface area contributed by atoms with Crippen LogP contribution in [0.2, 0.25) is 18.1 Å². The Labute approximate surface area is 253 Å². The molecule has 0 fully saturated rings. The van der Waals surface area contributed by atoms with Crippen molar-refractivity contribution in [1.29, 1.82) is 0 Å². The second kappa shape index (κ2) is 14.1. The van der Waals surface area contributed by atoms with Crippen LogP contribution in [0.4, 0.5) is 0 Å². The first-order valence-corrected chi connectivity index (χ1v) is 18.7. The first-order chi connectivity index (χ1) is 18.8. The van der Waals surface area contributed by atoms with Crippen LogP contribution in [-0.4, -0.2) is 48.3 Å². The van der Waals surface area contributed by atoms with Crippen molar-refractivity contribution in [2.75, 3.05) is 0 Å². The molecule has 0 unspecified atom stereocenters. The molecule has 0 aromatic carbocycles. The average molecular weight is 603 g/mol. The minimum Gasteiger partial charge on any atom is -0.412 e. The summed E-state index contributed by atoms with van der Waals surface area (Å²) in [7, 11) is -2.35. The summed E-state index contributed by atoms with van der Waals surface area (Å²) in [5, 5.41) is 17.3. The monoisotopic (exact) mass is 602 g/mol. The molecule has 1 aromatic heterocycles. The topological polar surface area (TPSA) is 88.5 Å². The number of amides is 1. The first-order valence-electron chi connectivity index (χ1n) is 14.9. The summed E-state index contributed by atoms with van der Waals surface area (Å²) in [4.78, 5) is 32.3. The van der Waals surface area contributed by atoms with Crippen LogP contribution in [0.1, 0.15) is 92.3 Å². The molecule has 1 aliphatic rings. The molecule has 230 valence electrons. The van der Waals surface area contributed by atoms with Crippen molar-refractivity contribution < 1.29 is 19.1 Å². The molecular formula is C33H54N2O4SSi. The maximum absolute atomic E-state index is 14.0. The lowest BCUT2D eigenvalue weighted by molar-refractivity contribution is -0.142. The van der Waals surface area contributed by atoms with E-state index in [0.717, 1.165) is 22.7 Å². The molecule has 1 aliphatic heterocycles. The number of hydrogen-bond acceptors (Lipinski definition) is 6. The Bertz CT molecular complexity index is 1160. The van der Waals surface area contributed by atoms with Gasteiger partial charge < -0.3 is 14.8 Å². The Morgan fingerprint density at radius 3 is 2.41 bits per heavy atom. The number of thiazole rings is 1. The van der Waals surface area contributed by atoms with Crippen LogP contribution < -0.4 is 5.32 Å². The highest BCUT2D eigenvalue weighted by molar-refractivity contribution is 7.09. The highest BCUT2D eigenvalue weighted by Crippen LogP contribution is 2.42. The van der Waals surface area contributed by atoms with Gasteiger partial charge in [0.2, 0.25) is 5.91 Å². The normalized spacial score (nSPS) is 27.9. The molecule has 0 aliphatic carbocycles. The second-order valence-corrected chi connectivity index (χ2v) is 19.8. The van der Waals surface area contributed by atoms with Gasteiger partial charge in [0, 0.05) is 22.6 Å². The van der Waals surface area contributed by atoms with Crippen molar-refractivity contribution in [2.24, 2.45) is 17.3 Å². The third kappa shape index (κ3) is 9.57. The maximum Gasteiger partial charge on any atom is 0.223 e. The minimum absolute atomic E-state index is 0.0613. The Balaban J connectivity index is 2.57. The summed E-state index contributed by atoms with van der Waals surface area (Å²) in [5.41, 5.74) is 2.10. The minimum atomic E-state index is -2.35. The first kappa shape index (κ1) is 35.3. The van der Waals surface area contributed by atoms with Gasteiger partial charge in [-0.2, -0.15) is 0 Å². The predicted octanol–water partition coefficient (Wildman–Crippen LogP) is 7.64. The van der Waals surface area contributed by atoms with Crippen LogP contribution >= 0.6 is 11.3 Å². The zero-order valence-corrected chi connectivity index (χ0v) is 29.2. The predicted molar refractivity (Wildman–Crippen MR) is 174 cm³/mol. The molecule has 2 rings (SSSR count). The Morgan fingerprint density at radius 1 is 1.22 bits per heavy atom. The van der Waals surface area contributed by atoms with Crippen LogP contribution in [0.3, 0.4) is 0 Å². The number of allylic oxidation sites excluding steroid dienone is 2. The molecule has 5 atom stereocenters. The summed E-state index contributed by atoms with van der Waals surface area (Å²) in [6.07, 6.45) is 8.26. The summed E-state index contributed by atoms with van der Waals surface area (Å²) >= 11 is 1.60. The Hall–Kier alpha value is -1.87. The molecule has 0 saturated carbocycles. The van der Waals surface area contributed by atoms with Crippen molar-refractivity contribution in [2.45, 2.75) is 125 Å². The number of nitrogens with one attached hydrogen (secondary N) is 1. The number of aliphatic hydroxyl groups excluding tert-OH is 1. The molecule has 0 bridgehead atoms. The van der Waals surface area contributed by atoms with E-state index >= 15 is 0 Å². The van der Waals surface area contributed by atoms with Crippen molar-refractivity contribution in [1.82, 2.24) is 10.3 Å². The van der Waals surface area contributed by atoms with E-state index in [1.165, 1.54) is 5.57 Å². The van der Waals surface area contributed by atoms with E-state index in [4.69, 9.17) is 4.43 Å².